The molecule has 13 aromatic heterocycles. The maximum absolute atomic E-state index is 12.3. The normalized spacial score (nSPS) is 15.0. The van der Waals surface area contributed by atoms with E-state index in [2.05, 4.69) is 114 Å². The zero-order chi connectivity index (χ0) is 101. The van der Waals surface area contributed by atoms with E-state index in [0.717, 1.165) is 197 Å². The van der Waals surface area contributed by atoms with Gasteiger partial charge < -0.3 is 111 Å². The van der Waals surface area contributed by atoms with Crippen molar-refractivity contribution in [1.29, 1.82) is 0 Å². The summed E-state index contributed by atoms with van der Waals surface area (Å²) in [5.74, 6) is 7.58. The second-order valence-electron chi connectivity index (χ2n) is 35.3. The van der Waals surface area contributed by atoms with Crippen LogP contribution in [0.3, 0.4) is 0 Å². The van der Waals surface area contributed by atoms with Gasteiger partial charge >= 0.3 is 18.1 Å². The summed E-state index contributed by atoms with van der Waals surface area (Å²) in [5, 5.41) is 43.7. The molecule has 24 rings (SSSR count). The number of likely N-dealkylation sites (N-methyl/N-ethyl adjacent to an activating group) is 2. The Balaban J connectivity index is 0.000000114. The van der Waals surface area contributed by atoms with Gasteiger partial charge in [-0.15, -0.1) is 25.5 Å². The van der Waals surface area contributed by atoms with Crippen LogP contribution in [0.15, 0.2) is 224 Å². The number of hydrogen-bond donors (Lipinski definition) is 9. The van der Waals surface area contributed by atoms with Crippen LogP contribution in [-0.4, -0.2) is 314 Å². The van der Waals surface area contributed by atoms with E-state index >= 15 is 0 Å². The third kappa shape index (κ3) is 24.9. The number of amides is 7. The van der Waals surface area contributed by atoms with Crippen LogP contribution in [0.25, 0.3) is 106 Å². The standard InChI is InChI=1S/C23H23N7O2.C21H27N7O2.C19H18N6O2S.C17H16N6O2.C17H18N6O2.C5H12N2/c1-16-19(4-2-10-24-16)26-23(31)25-18-8-6-17(7-9-18)21-27-22(29-12-14-32-15-13-29)20-5-3-11-30(20)28-21;1-26(2)11-9-22-21(29)23-17-7-5-16(6-8-17)19-24-20(27-12-14-30-15-13-27)18-4-3-10-28(18)25-19;1-12(26)20-19-21-14-5-4-13(11-16(14)28-19)17-22-18(24-7-9-27-10-8-24)15-3-2-6-25(15)23-17;18-17-19-12-4-3-11(10-14(12)25-17)15-20-16(22-6-8-24-9-7-22)13-2-1-5-23(13)21-15;18-17(24)19-13-5-3-12(4-6-13)15-20-16(22-8-10-25-11-9-22)14-2-1-7-23(14)21-15;1-7-4-2-6-3-5-7/h2-11H,12-15H2,1H3,(H2,25,26,31);3-8,10H,9,11-15H2,1-2H3,(H2,22,23,29);2-6,11H,7-10H2,1H3,(H,20,21,26);1-5,10H,6-9H2,(H2,18,19);1-7H,8-11H2,(H3,18,19,24);6H,2-5H2,1H3. The van der Waals surface area contributed by atoms with E-state index in [0.29, 0.717) is 130 Å². The number of oxazole rings is 1. The monoisotopic (exact) mass is 2010 g/mol. The van der Waals surface area contributed by atoms with E-state index in [4.69, 9.17) is 64.5 Å². The summed E-state index contributed by atoms with van der Waals surface area (Å²) >= 11 is 1.44. The molecule has 44 nitrogen and oxygen atoms in total. The van der Waals surface area contributed by atoms with E-state index in [9.17, 15) is 19.2 Å². The fourth-order valence-electron chi connectivity index (χ4n) is 17.1. The number of aryl methyl sites for hydroxylation is 1. The van der Waals surface area contributed by atoms with Crippen LogP contribution in [0.4, 0.5) is 77.4 Å². The number of nitrogens with one attached hydrogen (secondary N) is 7. The first kappa shape index (κ1) is 99.2. The molecule has 758 valence electrons. The molecule has 0 spiro atoms. The molecular formula is C102H114N34O10S. The van der Waals surface area contributed by atoms with Gasteiger partial charge in [-0.25, -0.2) is 66.9 Å². The summed E-state index contributed by atoms with van der Waals surface area (Å²) in [6.45, 7) is 24.5. The molecule has 11 N–H and O–H groups in total. The summed E-state index contributed by atoms with van der Waals surface area (Å²) in [6.07, 6.45) is 11.3. The van der Waals surface area contributed by atoms with Crippen LogP contribution in [-0.2, 0) is 28.5 Å². The number of fused-ring (bicyclic) bond motifs is 7. The summed E-state index contributed by atoms with van der Waals surface area (Å²) < 4.78 is 43.0. The molecular weight excluding hydrogens is 1890 g/mol. The summed E-state index contributed by atoms with van der Waals surface area (Å²) in [6, 6.07) is 56.4. The van der Waals surface area contributed by atoms with Gasteiger partial charge in [-0.2, -0.15) is 4.98 Å². The number of morpholine rings is 5. The SMILES string of the molecule is CC(=O)Nc1nc2ccc(-c3nc(N4CCOCC4)c4cccn4n3)cc2s1.CN(C)CCNC(=O)Nc1ccc(-c2nc(N3CCOCC3)c3cccn3n2)cc1.CN1CCNCC1.Cc1ncccc1NC(=O)Nc1ccc(-c2nc(N3CCOCC3)c3cccn3n2)cc1.NC(=O)Nc1ccc(-c2nc(N3CCOCC3)c3cccn3n2)cc1.Nc1nc2ccc(-c3nc(N4CCOCC4)c4cccn4n3)cc2o1. The molecule has 0 saturated carbocycles. The predicted molar refractivity (Wildman–Crippen MR) is 567 cm³/mol. The van der Waals surface area contributed by atoms with Crippen molar-refractivity contribution in [2.75, 3.05) is 249 Å². The molecule has 6 saturated heterocycles. The number of primary amides is 1. The largest absolute Gasteiger partial charge is 0.424 e. The number of carbonyl (C=O) groups excluding carboxylic acids is 4. The molecule has 19 heterocycles. The lowest BCUT2D eigenvalue weighted by molar-refractivity contribution is -0.114. The van der Waals surface area contributed by atoms with Gasteiger partial charge in [0.25, 0.3) is 6.01 Å². The van der Waals surface area contributed by atoms with Gasteiger partial charge in [0.05, 0.1) is 87.7 Å². The van der Waals surface area contributed by atoms with Crippen LogP contribution >= 0.6 is 11.3 Å². The number of piperazine rings is 1. The molecule has 7 amide bonds. The van der Waals surface area contributed by atoms with Crippen LogP contribution in [0, 0.1) is 6.92 Å². The number of benzene rings is 5. The molecule has 0 aliphatic carbocycles. The van der Waals surface area contributed by atoms with Crippen molar-refractivity contribution in [3.05, 3.63) is 225 Å². The minimum absolute atomic E-state index is 0.129. The molecule has 6 aliphatic rings. The quantitative estimate of drug-likeness (QED) is 0.0385. The topological polar surface area (TPSA) is 476 Å². The number of nitrogens with two attached hydrogens (primary N) is 2. The predicted octanol–water partition coefficient (Wildman–Crippen LogP) is 11.5. The highest BCUT2D eigenvalue weighted by Gasteiger charge is 2.27. The highest BCUT2D eigenvalue weighted by atomic mass is 32.1. The third-order valence-electron chi connectivity index (χ3n) is 24.7. The number of nitrogen functional groups attached to an aromatic ring is 1. The Morgan fingerprint density at radius 1 is 0.408 bits per heavy atom. The second kappa shape index (κ2) is 46.9. The molecule has 0 unspecified atom stereocenters. The molecule has 6 aliphatic heterocycles. The Labute approximate surface area is 848 Å². The number of thiazole rings is 1. The second-order valence-corrected chi connectivity index (χ2v) is 36.3. The van der Waals surface area contributed by atoms with Crippen molar-refractivity contribution in [3.63, 3.8) is 0 Å². The molecule has 147 heavy (non-hydrogen) atoms. The molecule has 0 bridgehead atoms. The van der Waals surface area contributed by atoms with Crippen LogP contribution in [0.1, 0.15) is 12.6 Å². The van der Waals surface area contributed by atoms with E-state index in [-0.39, 0.29) is 24.0 Å². The molecule has 18 aromatic rings. The molecule has 0 atom stereocenters. The highest BCUT2D eigenvalue weighted by Crippen LogP contribution is 2.36. The molecule has 45 heteroatoms. The van der Waals surface area contributed by atoms with Gasteiger partial charge in [0.1, 0.15) is 33.1 Å². The number of anilines is 11. The van der Waals surface area contributed by atoms with Gasteiger partial charge in [0.15, 0.2) is 68.9 Å². The number of carbonyl (C=O) groups is 4. The lowest BCUT2D eigenvalue weighted by atomic mass is 10.2. The number of pyridine rings is 1. The lowest BCUT2D eigenvalue weighted by Gasteiger charge is -2.28. The summed E-state index contributed by atoms with van der Waals surface area (Å²) in [7, 11) is 6.09. The Morgan fingerprint density at radius 3 is 1.13 bits per heavy atom. The van der Waals surface area contributed by atoms with Crippen molar-refractivity contribution in [2.45, 2.75) is 13.8 Å². The zero-order valence-corrected chi connectivity index (χ0v) is 82.8. The number of nitrogens with zero attached hydrogens (tertiary/aromatic N) is 25. The average molecular weight is 2010 g/mol. The Bertz CT molecular complexity index is 7560. The Hall–Kier alpha value is -16.5. The maximum Gasteiger partial charge on any atom is 0.323 e. The number of ether oxygens (including phenoxy) is 5. The van der Waals surface area contributed by atoms with Crippen LogP contribution in [0.2, 0.25) is 0 Å². The van der Waals surface area contributed by atoms with Crippen molar-refractivity contribution in [3.8, 4) is 56.9 Å². The van der Waals surface area contributed by atoms with Gasteiger partial charge in [0.2, 0.25) is 5.91 Å². The summed E-state index contributed by atoms with van der Waals surface area (Å²) in [5.41, 5.74) is 25.7. The van der Waals surface area contributed by atoms with Gasteiger partial charge in [-0.05, 0) is 210 Å². The first-order valence-corrected chi connectivity index (χ1v) is 49.4. The minimum atomic E-state index is -0.590. The number of aromatic nitrogens is 18. The van der Waals surface area contributed by atoms with E-state index in [1.54, 1.807) is 24.4 Å². The third-order valence-corrected chi connectivity index (χ3v) is 25.6. The van der Waals surface area contributed by atoms with Crippen molar-refractivity contribution >= 4 is 147 Å². The molecule has 0 radical (unpaired) electrons. The zero-order valence-electron chi connectivity index (χ0n) is 82.0. The first-order valence-electron chi connectivity index (χ1n) is 48.5. The summed E-state index contributed by atoms with van der Waals surface area (Å²) in [4.78, 5) is 99.0. The van der Waals surface area contributed by atoms with Gasteiger partial charge in [-0.1, -0.05) is 11.3 Å². The molecule has 6 fully saturated rings. The minimum Gasteiger partial charge on any atom is -0.424 e. The van der Waals surface area contributed by atoms with Crippen LogP contribution in [0.5, 0.6) is 0 Å². The van der Waals surface area contributed by atoms with Crippen molar-refractivity contribution < 1.29 is 47.3 Å². The number of urea groups is 3. The fraction of sp³-hybridized carbons (Fsp3) is 0.304. The van der Waals surface area contributed by atoms with Crippen LogP contribution < -0.4 is 73.2 Å². The smallest absolute Gasteiger partial charge is 0.323 e. The first-order chi connectivity index (χ1) is 71.8. The highest BCUT2D eigenvalue weighted by molar-refractivity contribution is 7.22. The number of hydrogen-bond acceptors (Lipinski definition) is 33. The van der Waals surface area contributed by atoms with Crippen molar-refractivity contribution in [2.24, 2.45) is 5.73 Å². The maximum atomic E-state index is 12.3. The Morgan fingerprint density at radius 2 is 0.769 bits per heavy atom. The van der Waals surface area contributed by atoms with E-state index in [1.165, 1.54) is 31.4 Å². The fourth-order valence-corrected chi connectivity index (χ4v) is 18.0. The molecule has 5 aromatic carbocycles. The number of rotatable bonds is 18. The Kier molecular flexibility index (Phi) is 31.6. The average Bonchev–Trinajstić information content (AvgIpc) is 1.67. The van der Waals surface area contributed by atoms with E-state index < -0.39 is 6.03 Å². The van der Waals surface area contributed by atoms with E-state index in [1.807, 2.05) is 243 Å². The van der Waals surface area contributed by atoms with Gasteiger partial charge in [-0.3, -0.25) is 9.78 Å². The lowest BCUT2D eigenvalue weighted by Crippen LogP contribution is -2.40. The van der Waals surface area contributed by atoms with Gasteiger partial charge in [0, 0.05) is 194 Å². The van der Waals surface area contributed by atoms with Crippen molar-refractivity contribution in [1.82, 2.24) is 108 Å².